The first kappa shape index (κ1) is 9.72. The van der Waals surface area contributed by atoms with Crippen molar-refractivity contribution >= 4 is 17.5 Å². The molecule has 1 aromatic carbocycles. The van der Waals surface area contributed by atoms with Crippen molar-refractivity contribution in [2.75, 3.05) is 4.90 Å². The number of benzene rings is 1. The molecule has 1 aliphatic heterocycles. The Bertz CT molecular complexity index is 573. The van der Waals surface area contributed by atoms with Gasteiger partial charge in [0, 0.05) is 12.4 Å². The van der Waals surface area contributed by atoms with Crippen molar-refractivity contribution in [1.82, 2.24) is 4.98 Å². The Morgan fingerprint density at radius 2 is 1.59 bits per heavy atom. The van der Waals surface area contributed by atoms with E-state index >= 15 is 0 Å². The molecule has 1 aliphatic rings. The number of aromatic nitrogens is 1. The summed E-state index contributed by atoms with van der Waals surface area (Å²) >= 11 is 0. The van der Waals surface area contributed by atoms with Crippen LogP contribution in [0.25, 0.3) is 0 Å². The molecule has 0 saturated carbocycles. The number of amides is 2. The van der Waals surface area contributed by atoms with Gasteiger partial charge >= 0.3 is 0 Å². The molecule has 2 aromatic rings. The van der Waals surface area contributed by atoms with E-state index in [0.29, 0.717) is 16.8 Å². The Morgan fingerprint density at radius 1 is 0.882 bits per heavy atom. The van der Waals surface area contributed by atoms with Gasteiger partial charge < -0.3 is 0 Å². The average molecular weight is 224 g/mol. The molecule has 0 unspecified atom stereocenters. The van der Waals surface area contributed by atoms with Crippen LogP contribution in [0, 0.1) is 0 Å². The molecule has 4 heteroatoms. The molecule has 0 spiro atoms. The molecule has 0 atom stereocenters. The highest BCUT2D eigenvalue weighted by Gasteiger charge is 2.36. The lowest BCUT2D eigenvalue weighted by Gasteiger charge is -2.12. The van der Waals surface area contributed by atoms with Gasteiger partial charge in [-0.3, -0.25) is 14.6 Å². The first-order valence-corrected chi connectivity index (χ1v) is 5.17. The largest absolute Gasteiger partial charge is 0.268 e. The van der Waals surface area contributed by atoms with Crippen molar-refractivity contribution in [2.45, 2.75) is 0 Å². The average Bonchev–Trinajstić information content (AvgIpc) is 2.64. The Morgan fingerprint density at radius 3 is 2.29 bits per heavy atom. The van der Waals surface area contributed by atoms with Crippen LogP contribution in [-0.2, 0) is 0 Å². The van der Waals surface area contributed by atoms with Gasteiger partial charge in [-0.2, -0.15) is 0 Å². The number of rotatable bonds is 1. The summed E-state index contributed by atoms with van der Waals surface area (Å²) < 4.78 is 0. The highest BCUT2D eigenvalue weighted by atomic mass is 16.2. The topological polar surface area (TPSA) is 50.3 Å². The van der Waals surface area contributed by atoms with Crippen molar-refractivity contribution in [3.05, 3.63) is 59.9 Å². The molecular weight excluding hydrogens is 216 g/mol. The number of nitrogens with zero attached hydrogens (tertiary/aromatic N) is 2. The molecule has 0 radical (unpaired) electrons. The lowest BCUT2D eigenvalue weighted by molar-refractivity contribution is 0.0926. The van der Waals surface area contributed by atoms with Gasteiger partial charge in [-0.05, 0) is 18.2 Å². The zero-order chi connectivity index (χ0) is 11.8. The van der Waals surface area contributed by atoms with Crippen LogP contribution in [0.3, 0.4) is 0 Å². The van der Waals surface area contributed by atoms with Crippen molar-refractivity contribution in [3.8, 4) is 0 Å². The molecule has 2 amide bonds. The number of hydrogen-bond acceptors (Lipinski definition) is 3. The second-order valence-electron chi connectivity index (χ2n) is 3.70. The highest BCUT2D eigenvalue weighted by Crippen LogP contribution is 2.27. The first-order valence-electron chi connectivity index (χ1n) is 5.17. The van der Waals surface area contributed by atoms with Crippen LogP contribution >= 0.6 is 0 Å². The van der Waals surface area contributed by atoms with E-state index in [1.54, 1.807) is 30.3 Å². The van der Waals surface area contributed by atoms with Crippen molar-refractivity contribution in [1.29, 1.82) is 0 Å². The fourth-order valence-electron chi connectivity index (χ4n) is 1.90. The Kier molecular flexibility index (Phi) is 2.01. The molecule has 0 aliphatic carbocycles. The molecule has 1 aromatic heterocycles. The maximum Gasteiger partial charge on any atom is 0.267 e. The van der Waals surface area contributed by atoms with E-state index in [9.17, 15) is 9.59 Å². The second kappa shape index (κ2) is 3.52. The van der Waals surface area contributed by atoms with E-state index in [1.807, 2.05) is 6.07 Å². The SMILES string of the molecule is O=C1c2ccncc2C(=O)N1c1ccccc1. The van der Waals surface area contributed by atoms with Crippen LogP contribution in [0.4, 0.5) is 5.69 Å². The van der Waals surface area contributed by atoms with E-state index in [0.717, 1.165) is 0 Å². The number of para-hydroxylation sites is 1. The lowest BCUT2D eigenvalue weighted by Crippen LogP contribution is -2.29. The summed E-state index contributed by atoms with van der Waals surface area (Å²) in [5.41, 5.74) is 1.36. The molecular formula is C13H8N2O2. The first-order chi connectivity index (χ1) is 8.29. The number of carbonyl (C=O) groups is 2. The predicted molar refractivity (Wildman–Crippen MR) is 61.8 cm³/mol. The third-order valence-electron chi connectivity index (χ3n) is 2.70. The maximum atomic E-state index is 12.1. The predicted octanol–water partition coefficient (Wildman–Crippen LogP) is 1.88. The summed E-state index contributed by atoms with van der Waals surface area (Å²) in [7, 11) is 0. The normalized spacial score (nSPS) is 14.0. The van der Waals surface area contributed by atoms with E-state index < -0.39 is 0 Å². The fourth-order valence-corrected chi connectivity index (χ4v) is 1.90. The van der Waals surface area contributed by atoms with Gasteiger partial charge in [-0.25, -0.2) is 4.90 Å². The van der Waals surface area contributed by atoms with Gasteiger partial charge in [-0.1, -0.05) is 18.2 Å². The summed E-state index contributed by atoms with van der Waals surface area (Å²) in [5, 5.41) is 0. The lowest BCUT2D eigenvalue weighted by atomic mass is 10.2. The number of pyridine rings is 1. The molecule has 17 heavy (non-hydrogen) atoms. The number of anilines is 1. The summed E-state index contributed by atoms with van der Waals surface area (Å²) in [5.74, 6) is -0.608. The number of hydrogen-bond donors (Lipinski definition) is 0. The Labute approximate surface area is 97.5 Å². The van der Waals surface area contributed by atoms with Crippen LogP contribution in [0.1, 0.15) is 20.7 Å². The van der Waals surface area contributed by atoms with Crippen molar-refractivity contribution in [3.63, 3.8) is 0 Å². The quantitative estimate of drug-likeness (QED) is 0.695. The molecule has 4 nitrogen and oxygen atoms in total. The molecule has 2 heterocycles. The molecule has 82 valence electrons. The van der Waals surface area contributed by atoms with Crippen LogP contribution < -0.4 is 4.90 Å². The van der Waals surface area contributed by atoms with Crippen molar-refractivity contribution in [2.24, 2.45) is 0 Å². The van der Waals surface area contributed by atoms with Crippen LogP contribution in [0.5, 0.6) is 0 Å². The van der Waals surface area contributed by atoms with Gasteiger partial charge in [-0.15, -0.1) is 0 Å². The maximum absolute atomic E-state index is 12.1. The minimum Gasteiger partial charge on any atom is -0.268 e. The van der Waals surface area contributed by atoms with Crippen molar-refractivity contribution < 1.29 is 9.59 Å². The van der Waals surface area contributed by atoms with Gasteiger partial charge in [0.05, 0.1) is 16.8 Å². The Balaban J connectivity index is 2.13. The van der Waals surface area contributed by atoms with E-state index in [-0.39, 0.29) is 11.8 Å². The van der Waals surface area contributed by atoms with Crippen LogP contribution in [-0.4, -0.2) is 16.8 Å². The molecule has 0 saturated heterocycles. The number of fused-ring (bicyclic) bond motifs is 1. The van der Waals surface area contributed by atoms with E-state index in [4.69, 9.17) is 0 Å². The summed E-state index contributed by atoms with van der Waals surface area (Å²) in [6.45, 7) is 0. The molecule has 0 fully saturated rings. The smallest absolute Gasteiger partial charge is 0.267 e. The monoisotopic (exact) mass is 224 g/mol. The Hall–Kier alpha value is -2.49. The third-order valence-corrected chi connectivity index (χ3v) is 2.70. The minimum absolute atomic E-state index is 0.293. The van der Waals surface area contributed by atoms with Gasteiger partial charge in [0.1, 0.15) is 0 Å². The minimum atomic E-state index is -0.315. The van der Waals surface area contributed by atoms with Gasteiger partial charge in [0.15, 0.2) is 0 Å². The standard InChI is InChI=1S/C13H8N2O2/c16-12-10-6-7-14-8-11(10)13(17)15(12)9-4-2-1-3-5-9/h1-8H. The summed E-state index contributed by atoms with van der Waals surface area (Å²) in [6.07, 6.45) is 2.94. The van der Waals surface area contributed by atoms with E-state index in [2.05, 4.69) is 4.98 Å². The van der Waals surface area contributed by atoms with Gasteiger partial charge in [0.2, 0.25) is 0 Å². The number of imide groups is 1. The van der Waals surface area contributed by atoms with Crippen LogP contribution in [0.15, 0.2) is 48.8 Å². The highest BCUT2D eigenvalue weighted by molar-refractivity contribution is 6.34. The zero-order valence-electron chi connectivity index (χ0n) is 8.83. The van der Waals surface area contributed by atoms with Crippen LogP contribution in [0.2, 0.25) is 0 Å². The summed E-state index contributed by atoms with van der Waals surface area (Å²) in [4.78, 5) is 29.2. The fraction of sp³-hybridized carbons (Fsp3) is 0. The number of carbonyl (C=O) groups excluding carboxylic acids is 2. The summed E-state index contributed by atoms with van der Waals surface area (Å²) in [6, 6.07) is 10.4. The zero-order valence-corrected chi connectivity index (χ0v) is 8.83. The van der Waals surface area contributed by atoms with E-state index in [1.165, 1.54) is 17.3 Å². The molecule has 3 rings (SSSR count). The molecule has 0 bridgehead atoms. The van der Waals surface area contributed by atoms with Gasteiger partial charge in [0.25, 0.3) is 11.8 Å². The third kappa shape index (κ3) is 1.34. The molecule has 0 N–H and O–H groups in total. The second-order valence-corrected chi connectivity index (χ2v) is 3.70.